The highest BCUT2D eigenvalue weighted by Crippen LogP contribution is 2.25. The Hall–Kier alpha value is -2.12. The number of carbonyl (C=O) groups excluding carboxylic acids is 1. The van der Waals surface area contributed by atoms with Gasteiger partial charge >= 0.3 is 11.2 Å². The van der Waals surface area contributed by atoms with E-state index < -0.39 is 33.9 Å². The third-order valence-electron chi connectivity index (χ3n) is 1.60. The maximum absolute atomic E-state index is 12.3. The quantitative estimate of drug-likeness (QED) is 0.465. The summed E-state index contributed by atoms with van der Waals surface area (Å²) in [5.41, 5.74) is -4.05. The van der Waals surface area contributed by atoms with E-state index in [1.165, 1.54) is 0 Å². The molecule has 0 unspecified atom stereocenters. The number of pyridine rings is 1. The van der Waals surface area contributed by atoms with Gasteiger partial charge in [-0.3, -0.25) is 19.7 Å². The molecule has 1 N–H and O–H groups in total. The Balaban J connectivity index is 3.56. The third-order valence-corrected chi connectivity index (χ3v) is 1.60. The van der Waals surface area contributed by atoms with Crippen molar-refractivity contribution in [3.05, 3.63) is 37.8 Å². The van der Waals surface area contributed by atoms with Crippen molar-refractivity contribution in [3.63, 3.8) is 0 Å². The number of nitro groups is 1. The van der Waals surface area contributed by atoms with Crippen molar-refractivity contribution in [2.75, 3.05) is 0 Å². The molecule has 0 amide bonds. The van der Waals surface area contributed by atoms with E-state index >= 15 is 0 Å². The molecule has 1 aromatic rings. The van der Waals surface area contributed by atoms with Crippen LogP contribution in [-0.2, 0) is 0 Å². The third kappa shape index (κ3) is 2.03. The smallest absolute Gasteiger partial charge is 0.314 e. The van der Waals surface area contributed by atoms with Crippen LogP contribution in [0.25, 0.3) is 0 Å². The number of nitrogens with one attached hydrogen (secondary N) is 1. The summed E-state index contributed by atoms with van der Waals surface area (Å²) in [4.78, 5) is 32.1. The van der Waals surface area contributed by atoms with Crippen LogP contribution in [0, 0.1) is 10.1 Å². The molecule has 0 aliphatic carbocycles. The van der Waals surface area contributed by atoms with E-state index in [-0.39, 0.29) is 6.29 Å². The summed E-state index contributed by atoms with van der Waals surface area (Å²) in [5.74, 6) is 0. The molecule has 6 nitrogen and oxygen atoms in total. The first-order chi connectivity index (χ1) is 6.97. The Morgan fingerprint density at radius 3 is 2.53 bits per heavy atom. The van der Waals surface area contributed by atoms with E-state index in [4.69, 9.17) is 0 Å². The number of aromatic amines is 1. The summed E-state index contributed by atoms with van der Waals surface area (Å²) in [6, 6.07) is 0.581. The maximum atomic E-state index is 12.3. The van der Waals surface area contributed by atoms with Crippen molar-refractivity contribution in [2.24, 2.45) is 0 Å². The van der Waals surface area contributed by atoms with Crippen molar-refractivity contribution in [3.8, 4) is 0 Å². The predicted molar refractivity (Wildman–Crippen MR) is 44.1 cm³/mol. The van der Waals surface area contributed by atoms with Crippen LogP contribution in [0.1, 0.15) is 22.5 Å². The van der Waals surface area contributed by atoms with Crippen LogP contribution in [0.2, 0.25) is 0 Å². The molecule has 8 heteroatoms. The largest absolute Gasteiger partial charge is 0.342 e. The van der Waals surface area contributed by atoms with E-state index in [0.717, 1.165) is 0 Å². The first-order valence-corrected chi connectivity index (χ1v) is 3.62. The van der Waals surface area contributed by atoms with E-state index in [9.17, 15) is 28.5 Å². The van der Waals surface area contributed by atoms with Gasteiger partial charge in [0.05, 0.1) is 10.6 Å². The zero-order chi connectivity index (χ0) is 11.6. The van der Waals surface area contributed by atoms with E-state index in [0.29, 0.717) is 6.07 Å². The van der Waals surface area contributed by atoms with Crippen molar-refractivity contribution in [2.45, 2.75) is 6.43 Å². The number of rotatable bonds is 3. The second-order valence-corrected chi connectivity index (χ2v) is 2.53. The fourth-order valence-corrected chi connectivity index (χ4v) is 1.01. The van der Waals surface area contributed by atoms with Gasteiger partial charge in [0.2, 0.25) is 0 Å². The molecule has 0 aliphatic heterocycles. The number of aromatic nitrogens is 1. The molecule has 0 spiro atoms. The predicted octanol–water partition coefficient (Wildman–Crippen LogP) is 1.03. The molecule has 0 saturated carbocycles. The lowest BCUT2D eigenvalue weighted by Crippen LogP contribution is -2.16. The number of hydrogen-bond donors (Lipinski definition) is 1. The fourth-order valence-electron chi connectivity index (χ4n) is 1.01. The van der Waals surface area contributed by atoms with Crippen molar-refractivity contribution in [1.82, 2.24) is 4.98 Å². The molecule has 1 heterocycles. The van der Waals surface area contributed by atoms with Crippen LogP contribution in [0.5, 0.6) is 0 Å². The molecule has 0 bridgehead atoms. The van der Waals surface area contributed by atoms with Crippen LogP contribution in [0.3, 0.4) is 0 Å². The topological polar surface area (TPSA) is 93.1 Å². The van der Waals surface area contributed by atoms with Crippen LogP contribution < -0.4 is 5.56 Å². The number of aldehydes is 1. The number of carbonyl (C=O) groups is 1. The molecule has 1 rings (SSSR count). The summed E-state index contributed by atoms with van der Waals surface area (Å²) in [7, 11) is 0. The number of halogens is 2. The minimum absolute atomic E-state index is 0.122. The normalized spacial score (nSPS) is 10.3. The van der Waals surface area contributed by atoms with E-state index in [2.05, 4.69) is 0 Å². The highest BCUT2D eigenvalue weighted by atomic mass is 19.3. The maximum Gasteiger partial charge on any atom is 0.342 e. The van der Waals surface area contributed by atoms with E-state index in [1.54, 1.807) is 4.98 Å². The highest BCUT2D eigenvalue weighted by molar-refractivity contribution is 5.72. The van der Waals surface area contributed by atoms with Gasteiger partial charge in [0.1, 0.15) is 5.56 Å². The first-order valence-electron chi connectivity index (χ1n) is 3.62. The zero-order valence-corrected chi connectivity index (χ0v) is 7.07. The minimum atomic E-state index is -3.19. The molecule has 1 aromatic heterocycles. The molecule has 0 saturated heterocycles. The van der Waals surface area contributed by atoms with Gasteiger partial charge in [-0.2, -0.15) is 0 Å². The summed E-state index contributed by atoms with van der Waals surface area (Å²) in [6.07, 6.45) is -3.07. The Kier molecular flexibility index (Phi) is 2.88. The monoisotopic (exact) mass is 218 g/mol. The fraction of sp³-hybridized carbons (Fsp3) is 0.143. The summed E-state index contributed by atoms with van der Waals surface area (Å²) < 4.78 is 24.6. The van der Waals surface area contributed by atoms with Gasteiger partial charge < -0.3 is 4.98 Å². The number of alkyl halides is 2. The zero-order valence-electron chi connectivity index (χ0n) is 7.07. The lowest BCUT2D eigenvalue weighted by Gasteiger charge is -2.01. The van der Waals surface area contributed by atoms with Crippen LogP contribution in [0.4, 0.5) is 14.5 Å². The second kappa shape index (κ2) is 3.95. The second-order valence-electron chi connectivity index (χ2n) is 2.53. The van der Waals surface area contributed by atoms with Gasteiger partial charge in [0, 0.05) is 0 Å². The molecule has 0 atom stereocenters. The number of H-pyrrole nitrogens is 1. The molecule has 0 aromatic carbocycles. The van der Waals surface area contributed by atoms with Gasteiger partial charge in [-0.25, -0.2) is 8.78 Å². The molecule has 0 aliphatic rings. The standard InChI is InChI=1S/C7H4F2N2O4/c8-6(9)4-1-3(2-12)10-7(13)5(4)11(14)15/h1-2,6H,(H,10,13). The van der Waals surface area contributed by atoms with E-state index in [1.807, 2.05) is 0 Å². The number of nitrogens with zero attached hydrogens (tertiary/aromatic N) is 1. The average molecular weight is 218 g/mol. The summed E-state index contributed by atoms with van der Waals surface area (Å²) in [5, 5.41) is 10.3. The van der Waals surface area contributed by atoms with Crippen molar-refractivity contribution >= 4 is 12.0 Å². The Morgan fingerprint density at radius 1 is 1.53 bits per heavy atom. The summed E-state index contributed by atoms with van der Waals surface area (Å²) >= 11 is 0. The number of hydrogen-bond acceptors (Lipinski definition) is 4. The van der Waals surface area contributed by atoms with Crippen LogP contribution in [-0.4, -0.2) is 16.2 Å². The lowest BCUT2D eigenvalue weighted by molar-refractivity contribution is -0.387. The molecule has 15 heavy (non-hydrogen) atoms. The van der Waals surface area contributed by atoms with Gasteiger partial charge in [-0.1, -0.05) is 0 Å². The SMILES string of the molecule is O=Cc1cc(C(F)F)c([N+](=O)[O-])c(=O)[nH]1. The van der Waals surface area contributed by atoms with Gasteiger partial charge in [0.15, 0.2) is 6.29 Å². The minimum Gasteiger partial charge on any atom is -0.314 e. The van der Waals surface area contributed by atoms with Crippen LogP contribution >= 0.6 is 0 Å². The van der Waals surface area contributed by atoms with Gasteiger partial charge in [-0.05, 0) is 6.07 Å². The molecular formula is C7H4F2N2O4. The molecule has 0 radical (unpaired) electrons. The first kappa shape index (κ1) is 11.0. The van der Waals surface area contributed by atoms with Gasteiger partial charge in [-0.15, -0.1) is 0 Å². The molecule has 80 valence electrons. The molecule has 0 fully saturated rings. The Bertz CT molecular complexity index is 469. The highest BCUT2D eigenvalue weighted by Gasteiger charge is 2.26. The van der Waals surface area contributed by atoms with Crippen molar-refractivity contribution < 1.29 is 18.5 Å². The Labute approximate surface area is 80.7 Å². The average Bonchev–Trinajstić information content (AvgIpc) is 2.15. The molecular weight excluding hydrogens is 214 g/mol. The Morgan fingerprint density at radius 2 is 2.13 bits per heavy atom. The lowest BCUT2D eigenvalue weighted by atomic mass is 10.2. The van der Waals surface area contributed by atoms with Gasteiger partial charge in [0.25, 0.3) is 6.43 Å². The summed E-state index contributed by atoms with van der Waals surface area (Å²) in [6.45, 7) is 0. The van der Waals surface area contributed by atoms with Crippen molar-refractivity contribution in [1.29, 1.82) is 0 Å². The van der Waals surface area contributed by atoms with Crippen LogP contribution in [0.15, 0.2) is 10.9 Å².